The lowest BCUT2D eigenvalue weighted by Crippen LogP contribution is -2.37. The minimum atomic E-state index is -0.276. The topological polar surface area (TPSA) is 78.4 Å². The fourth-order valence-electron chi connectivity index (χ4n) is 6.33. The molecule has 192 valence electrons. The zero-order chi connectivity index (χ0) is 25.2. The van der Waals surface area contributed by atoms with Crippen LogP contribution in [0.3, 0.4) is 0 Å². The highest BCUT2D eigenvalue weighted by atomic mass is 19.1. The molecule has 2 amide bonds. The Kier molecular flexibility index (Phi) is 7.32. The molecular weight excluding hydrogens is 457 g/mol. The first-order valence-corrected chi connectivity index (χ1v) is 13.2. The van der Waals surface area contributed by atoms with Gasteiger partial charge in [-0.3, -0.25) is 9.59 Å². The zero-order valence-electron chi connectivity index (χ0n) is 21.3. The van der Waals surface area contributed by atoms with Crippen molar-refractivity contribution in [3.63, 3.8) is 0 Å². The van der Waals surface area contributed by atoms with Gasteiger partial charge in [-0.15, -0.1) is 0 Å². The highest BCUT2D eigenvalue weighted by Crippen LogP contribution is 2.33. The van der Waals surface area contributed by atoms with Gasteiger partial charge in [0, 0.05) is 38.6 Å². The minimum absolute atomic E-state index is 0.0346. The molecule has 1 aliphatic carbocycles. The molecule has 1 aromatic carbocycles. The number of carbonyl (C=O) groups excluding carboxylic acids is 2. The lowest BCUT2D eigenvalue weighted by molar-refractivity contribution is -0.125. The Labute approximate surface area is 212 Å². The molecule has 3 aliphatic rings. The van der Waals surface area contributed by atoms with E-state index in [0.717, 1.165) is 81.8 Å². The van der Waals surface area contributed by atoms with E-state index < -0.39 is 0 Å². The van der Waals surface area contributed by atoms with Gasteiger partial charge in [-0.05, 0) is 62.6 Å². The Bertz CT molecular complexity index is 1080. The first-order chi connectivity index (χ1) is 17.4. The molecule has 2 aromatic rings. The van der Waals surface area contributed by atoms with Gasteiger partial charge >= 0.3 is 0 Å². The second-order valence-electron chi connectivity index (χ2n) is 10.8. The molecule has 8 heteroatoms. The monoisotopic (exact) mass is 493 g/mol. The van der Waals surface area contributed by atoms with Crippen molar-refractivity contribution in [1.82, 2.24) is 25.1 Å². The van der Waals surface area contributed by atoms with Gasteiger partial charge in [-0.2, -0.15) is 0 Å². The second-order valence-corrected chi connectivity index (χ2v) is 10.8. The van der Waals surface area contributed by atoms with Crippen LogP contribution >= 0.6 is 0 Å². The van der Waals surface area contributed by atoms with Crippen LogP contribution in [0, 0.1) is 37.4 Å². The highest BCUT2D eigenvalue weighted by Gasteiger charge is 2.42. The number of nitrogens with zero attached hydrogens (tertiary/aromatic N) is 4. The van der Waals surface area contributed by atoms with Gasteiger partial charge in [0.05, 0.1) is 23.0 Å². The highest BCUT2D eigenvalue weighted by molar-refractivity contribution is 5.96. The summed E-state index contributed by atoms with van der Waals surface area (Å²) in [5, 5.41) is 3.23. The third-order valence-corrected chi connectivity index (χ3v) is 8.32. The predicted octanol–water partition coefficient (Wildman–Crippen LogP) is 3.67. The summed E-state index contributed by atoms with van der Waals surface area (Å²) in [5.74, 6) is 0.831. The van der Waals surface area contributed by atoms with Gasteiger partial charge in [-0.25, -0.2) is 14.4 Å². The van der Waals surface area contributed by atoms with Crippen LogP contribution in [-0.4, -0.2) is 64.3 Å². The molecule has 0 spiro atoms. The van der Waals surface area contributed by atoms with E-state index in [0.29, 0.717) is 17.4 Å². The SMILES string of the molecule is Cc1ncnc(C)c1C(=O)N1CC2CN(CCC(NC(=O)C3CCCC3)c3cccc(F)c3)C[C@H]2C1. The summed E-state index contributed by atoms with van der Waals surface area (Å²) in [6, 6.07) is 6.41. The number of aryl methyl sites for hydroxylation is 2. The van der Waals surface area contributed by atoms with E-state index >= 15 is 0 Å². The van der Waals surface area contributed by atoms with Crippen molar-refractivity contribution in [2.45, 2.75) is 52.0 Å². The number of benzene rings is 1. The van der Waals surface area contributed by atoms with Gasteiger partial charge in [-0.1, -0.05) is 25.0 Å². The summed E-state index contributed by atoms with van der Waals surface area (Å²) >= 11 is 0. The number of nitrogens with one attached hydrogen (secondary N) is 1. The van der Waals surface area contributed by atoms with E-state index in [1.54, 1.807) is 12.1 Å². The Morgan fingerprint density at radius 3 is 2.36 bits per heavy atom. The van der Waals surface area contributed by atoms with E-state index in [2.05, 4.69) is 20.2 Å². The van der Waals surface area contributed by atoms with Crippen molar-refractivity contribution < 1.29 is 14.0 Å². The normalized spacial score (nSPS) is 23.1. The fourth-order valence-corrected chi connectivity index (χ4v) is 6.33. The quantitative estimate of drug-likeness (QED) is 0.637. The molecule has 1 N–H and O–H groups in total. The molecular formula is C28H36FN5O2. The lowest BCUT2D eigenvalue weighted by atomic mass is 10.0. The number of hydrogen-bond acceptors (Lipinski definition) is 5. The largest absolute Gasteiger partial charge is 0.349 e. The van der Waals surface area contributed by atoms with E-state index in [1.165, 1.54) is 12.4 Å². The summed E-state index contributed by atoms with van der Waals surface area (Å²) in [6.45, 7) is 7.92. The summed E-state index contributed by atoms with van der Waals surface area (Å²) in [6.07, 6.45) is 6.35. The molecule has 1 saturated carbocycles. The van der Waals surface area contributed by atoms with E-state index in [1.807, 2.05) is 24.8 Å². The summed E-state index contributed by atoms with van der Waals surface area (Å²) in [7, 11) is 0. The Morgan fingerprint density at radius 1 is 1.06 bits per heavy atom. The average Bonchev–Trinajstić information content (AvgIpc) is 3.58. The standard InChI is InChI=1S/C28H36FN5O2/c1-18-26(19(2)31-17-30-18)28(36)34-15-22-13-33(14-23(22)16-34)11-10-25(21-8-5-9-24(29)12-21)32-27(35)20-6-3-4-7-20/h5,8-9,12,17,20,22-23,25H,3-4,6-7,10-11,13-16H2,1-2H3,(H,32,35)/t22-,23?,25?/m0/s1. The molecule has 3 fully saturated rings. The Hall–Kier alpha value is -2.87. The summed E-state index contributed by atoms with van der Waals surface area (Å²) in [5.41, 5.74) is 2.92. The van der Waals surface area contributed by atoms with Crippen molar-refractivity contribution >= 4 is 11.8 Å². The minimum Gasteiger partial charge on any atom is -0.349 e. The Balaban J connectivity index is 1.18. The van der Waals surface area contributed by atoms with Crippen LogP contribution in [0.2, 0.25) is 0 Å². The van der Waals surface area contributed by atoms with Crippen LogP contribution in [0.15, 0.2) is 30.6 Å². The molecule has 5 rings (SSSR count). The fraction of sp³-hybridized carbons (Fsp3) is 0.571. The molecule has 2 aliphatic heterocycles. The third-order valence-electron chi connectivity index (χ3n) is 8.32. The Morgan fingerprint density at radius 2 is 1.72 bits per heavy atom. The number of likely N-dealkylation sites (tertiary alicyclic amines) is 2. The number of fused-ring (bicyclic) bond motifs is 1. The number of carbonyl (C=O) groups is 2. The first-order valence-electron chi connectivity index (χ1n) is 13.2. The van der Waals surface area contributed by atoms with Gasteiger partial charge in [0.25, 0.3) is 5.91 Å². The van der Waals surface area contributed by atoms with Gasteiger partial charge in [0.15, 0.2) is 0 Å². The zero-order valence-corrected chi connectivity index (χ0v) is 21.3. The molecule has 2 unspecified atom stereocenters. The van der Waals surface area contributed by atoms with Gasteiger partial charge in [0.1, 0.15) is 12.1 Å². The van der Waals surface area contributed by atoms with Crippen molar-refractivity contribution in [2.75, 3.05) is 32.7 Å². The van der Waals surface area contributed by atoms with Crippen LogP contribution in [0.4, 0.5) is 4.39 Å². The molecule has 0 bridgehead atoms. The maximum Gasteiger partial charge on any atom is 0.257 e. The van der Waals surface area contributed by atoms with Crippen LogP contribution in [-0.2, 0) is 4.79 Å². The molecule has 0 radical (unpaired) electrons. The smallest absolute Gasteiger partial charge is 0.257 e. The molecule has 36 heavy (non-hydrogen) atoms. The van der Waals surface area contributed by atoms with Crippen LogP contribution in [0.25, 0.3) is 0 Å². The maximum absolute atomic E-state index is 14.0. The first kappa shape index (κ1) is 24.8. The van der Waals surface area contributed by atoms with Crippen molar-refractivity contribution in [3.05, 3.63) is 58.9 Å². The lowest BCUT2D eigenvalue weighted by Gasteiger charge is -2.26. The molecule has 2 saturated heterocycles. The van der Waals surface area contributed by atoms with E-state index in [9.17, 15) is 14.0 Å². The van der Waals surface area contributed by atoms with E-state index in [-0.39, 0.29) is 29.6 Å². The van der Waals surface area contributed by atoms with Crippen LogP contribution in [0.1, 0.15) is 65.5 Å². The second kappa shape index (κ2) is 10.6. The maximum atomic E-state index is 14.0. The number of halogens is 1. The molecule has 3 atom stereocenters. The summed E-state index contributed by atoms with van der Waals surface area (Å²) in [4.78, 5) is 38.9. The number of aromatic nitrogens is 2. The van der Waals surface area contributed by atoms with Gasteiger partial charge in [0.2, 0.25) is 5.91 Å². The van der Waals surface area contributed by atoms with Gasteiger partial charge < -0.3 is 15.1 Å². The molecule has 7 nitrogen and oxygen atoms in total. The number of rotatable bonds is 7. The number of amides is 2. The number of hydrogen-bond donors (Lipinski definition) is 1. The summed E-state index contributed by atoms with van der Waals surface area (Å²) < 4.78 is 14.0. The van der Waals surface area contributed by atoms with Crippen molar-refractivity contribution in [2.24, 2.45) is 17.8 Å². The predicted molar refractivity (Wildman–Crippen MR) is 135 cm³/mol. The molecule has 3 heterocycles. The van der Waals surface area contributed by atoms with E-state index in [4.69, 9.17) is 0 Å². The third kappa shape index (κ3) is 5.28. The van der Waals surface area contributed by atoms with Crippen LogP contribution < -0.4 is 5.32 Å². The average molecular weight is 494 g/mol. The van der Waals surface area contributed by atoms with Crippen LogP contribution in [0.5, 0.6) is 0 Å². The van der Waals surface area contributed by atoms with Crippen molar-refractivity contribution in [1.29, 1.82) is 0 Å². The van der Waals surface area contributed by atoms with Crippen molar-refractivity contribution in [3.8, 4) is 0 Å². The molecule has 1 aromatic heterocycles.